The van der Waals surface area contributed by atoms with Gasteiger partial charge in [-0.15, -0.1) is 0 Å². The van der Waals surface area contributed by atoms with E-state index in [1.54, 1.807) is 0 Å². The minimum atomic E-state index is -5.33. The number of rotatable bonds is 5. The third-order valence-corrected chi connectivity index (χ3v) is 5.49. The number of aromatic nitrogens is 1. The van der Waals surface area contributed by atoms with Crippen LogP contribution in [0.15, 0.2) is 4.90 Å². The molecule has 0 amide bonds. The first-order chi connectivity index (χ1) is 10.8. The van der Waals surface area contributed by atoms with E-state index in [4.69, 9.17) is 5.11 Å². The maximum Gasteiger partial charge on any atom is 0.434 e. The highest BCUT2D eigenvalue weighted by atomic mass is 32.2. The molecule has 0 saturated carbocycles. The maximum absolute atomic E-state index is 13.2. The predicted octanol–water partition coefficient (Wildman–Crippen LogP) is 3.48. The first kappa shape index (κ1) is 20.3. The SMILES string of the molecule is CCc1c(C(=O)O)c(C(F)(F)F)nc(C(F)F)c1S(=O)(=O)C(C)C. The Kier molecular flexibility index (Phi) is 5.58. The van der Waals surface area contributed by atoms with Gasteiger partial charge in [0.2, 0.25) is 0 Å². The zero-order valence-electron chi connectivity index (χ0n) is 12.8. The summed E-state index contributed by atoms with van der Waals surface area (Å²) >= 11 is 0. The summed E-state index contributed by atoms with van der Waals surface area (Å²) in [5, 5.41) is 7.83. The second-order valence-electron chi connectivity index (χ2n) is 5.08. The standard InChI is InChI=1S/C13H14F5NO4S/c1-4-6-7(12(20)21)10(13(16,17)18)19-8(11(14)15)9(6)24(22,23)5(2)3/h5,11H,4H2,1-3H3,(H,20,21). The Bertz CT molecular complexity index is 757. The molecule has 0 unspecified atom stereocenters. The van der Waals surface area contributed by atoms with Crippen LogP contribution < -0.4 is 0 Å². The van der Waals surface area contributed by atoms with E-state index in [1.165, 1.54) is 6.92 Å². The van der Waals surface area contributed by atoms with Crippen molar-refractivity contribution in [1.29, 1.82) is 0 Å². The molecular weight excluding hydrogens is 361 g/mol. The van der Waals surface area contributed by atoms with Crippen LogP contribution >= 0.6 is 0 Å². The molecule has 5 nitrogen and oxygen atoms in total. The summed E-state index contributed by atoms with van der Waals surface area (Å²) < 4.78 is 90.1. The number of hydrogen-bond acceptors (Lipinski definition) is 4. The van der Waals surface area contributed by atoms with Gasteiger partial charge in [0.15, 0.2) is 15.5 Å². The van der Waals surface area contributed by atoms with Crippen LogP contribution in [0.5, 0.6) is 0 Å². The van der Waals surface area contributed by atoms with Crippen LogP contribution in [0.25, 0.3) is 0 Å². The van der Waals surface area contributed by atoms with Crippen LogP contribution in [0.1, 0.15) is 54.5 Å². The molecule has 0 aliphatic rings. The molecule has 0 fully saturated rings. The van der Waals surface area contributed by atoms with Crippen LogP contribution in [0, 0.1) is 0 Å². The molecule has 24 heavy (non-hydrogen) atoms. The van der Waals surface area contributed by atoms with Gasteiger partial charge in [0.25, 0.3) is 6.43 Å². The fraction of sp³-hybridized carbons (Fsp3) is 0.538. The van der Waals surface area contributed by atoms with Gasteiger partial charge in [0.1, 0.15) is 5.69 Å². The van der Waals surface area contributed by atoms with Crippen molar-refractivity contribution in [2.24, 2.45) is 0 Å². The van der Waals surface area contributed by atoms with E-state index in [-0.39, 0.29) is 0 Å². The molecule has 1 rings (SSSR count). The molecule has 0 aliphatic carbocycles. The van der Waals surface area contributed by atoms with Gasteiger partial charge in [-0.3, -0.25) is 0 Å². The number of pyridine rings is 1. The molecule has 11 heteroatoms. The van der Waals surface area contributed by atoms with Gasteiger partial charge in [0.05, 0.1) is 15.7 Å². The van der Waals surface area contributed by atoms with Crippen LogP contribution in [-0.4, -0.2) is 29.7 Å². The zero-order chi connectivity index (χ0) is 19.0. The summed E-state index contributed by atoms with van der Waals surface area (Å²) in [6.45, 7) is 3.46. The van der Waals surface area contributed by atoms with E-state index in [0.29, 0.717) is 0 Å². The van der Waals surface area contributed by atoms with Gasteiger partial charge in [-0.25, -0.2) is 27.0 Å². The normalized spacial score (nSPS) is 12.9. The number of carboxylic acid groups (broad SMARTS) is 1. The molecule has 0 saturated heterocycles. The Labute approximate surface area is 134 Å². The second kappa shape index (κ2) is 6.61. The Morgan fingerprint density at radius 1 is 1.25 bits per heavy atom. The summed E-state index contributed by atoms with van der Waals surface area (Å²) in [7, 11) is -4.49. The van der Waals surface area contributed by atoms with Crippen molar-refractivity contribution in [1.82, 2.24) is 4.98 Å². The number of alkyl halides is 5. The molecule has 0 aliphatic heterocycles. The highest BCUT2D eigenvalue weighted by Crippen LogP contribution is 2.39. The minimum absolute atomic E-state index is 0.506. The summed E-state index contributed by atoms with van der Waals surface area (Å²) in [4.78, 5) is 12.8. The molecule has 1 heterocycles. The lowest BCUT2D eigenvalue weighted by atomic mass is 10.0. The molecule has 1 aromatic rings. The van der Waals surface area contributed by atoms with Crippen LogP contribution in [-0.2, 0) is 22.4 Å². The lowest BCUT2D eigenvalue weighted by Crippen LogP contribution is -2.25. The Hall–Kier alpha value is -1.78. The van der Waals surface area contributed by atoms with Crippen LogP contribution in [0.4, 0.5) is 22.0 Å². The van der Waals surface area contributed by atoms with E-state index in [2.05, 4.69) is 4.98 Å². The van der Waals surface area contributed by atoms with E-state index in [1.807, 2.05) is 0 Å². The number of aromatic carboxylic acids is 1. The fourth-order valence-corrected chi connectivity index (χ4v) is 3.60. The first-order valence-corrected chi connectivity index (χ1v) is 8.20. The smallest absolute Gasteiger partial charge is 0.434 e. The number of hydrogen-bond donors (Lipinski definition) is 1. The molecule has 0 bridgehead atoms. The molecule has 0 atom stereocenters. The molecule has 0 aromatic carbocycles. The van der Waals surface area contributed by atoms with Gasteiger partial charge >= 0.3 is 12.1 Å². The minimum Gasteiger partial charge on any atom is -0.478 e. The molecule has 1 N–H and O–H groups in total. The summed E-state index contributed by atoms with van der Waals surface area (Å²) in [6, 6.07) is 0. The molecule has 1 aromatic heterocycles. The quantitative estimate of drug-likeness (QED) is 0.797. The van der Waals surface area contributed by atoms with Crippen molar-refractivity contribution in [3.05, 3.63) is 22.5 Å². The van der Waals surface area contributed by atoms with E-state index >= 15 is 0 Å². The molecule has 0 radical (unpaired) electrons. The van der Waals surface area contributed by atoms with Crippen molar-refractivity contribution in [2.75, 3.05) is 0 Å². The van der Waals surface area contributed by atoms with Crippen molar-refractivity contribution in [3.63, 3.8) is 0 Å². The highest BCUT2D eigenvalue weighted by Gasteiger charge is 2.43. The lowest BCUT2D eigenvalue weighted by Gasteiger charge is -2.21. The van der Waals surface area contributed by atoms with E-state index < -0.39 is 67.5 Å². The molecular formula is C13H14F5NO4S. The van der Waals surface area contributed by atoms with Gasteiger partial charge in [-0.1, -0.05) is 6.92 Å². The lowest BCUT2D eigenvalue weighted by molar-refractivity contribution is -0.142. The van der Waals surface area contributed by atoms with Gasteiger partial charge in [-0.2, -0.15) is 13.2 Å². The molecule has 136 valence electrons. The van der Waals surface area contributed by atoms with Crippen LogP contribution in [0.2, 0.25) is 0 Å². The average Bonchev–Trinajstić information content (AvgIpc) is 2.43. The maximum atomic E-state index is 13.2. The van der Waals surface area contributed by atoms with Crippen molar-refractivity contribution in [3.8, 4) is 0 Å². The van der Waals surface area contributed by atoms with Gasteiger partial charge in [-0.05, 0) is 25.8 Å². The Morgan fingerprint density at radius 2 is 1.75 bits per heavy atom. The Morgan fingerprint density at radius 3 is 2.04 bits per heavy atom. The van der Waals surface area contributed by atoms with Crippen LogP contribution in [0.3, 0.4) is 0 Å². The van der Waals surface area contributed by atoms with Crippen molar-refractivity contribution >= 4 is 15.8 Å². The van der Waals surface area contributed by atoms with Crippen molar-refractivity contribution in [2.45, 2.75) is 49.9 Å². The van der Waals surface area contributed by atoms with Gasteiger partial charge in [0, 0.05) is 0 Å². The monoisotopic (exact) mass is 375 g/mol. The van der Waals surface area contributed by atoms with Gasteiger partial charge < -0.3 is 5.11 Å². The average molecular weight is 375 g/mol. The molecule has 0 spiro atoms. The third-order valence-electron chi connectivity index (χ3n) is 3.23. The third kappa shape index (κ3) is 3.50. The largest absolute Gasteiger partial charge is 0.478 e. The number of nitrogens with zero attached hydrogens (tertiary/aromatic N) is 1. The zero-order valence-corrected chi connectivity index (χ0v) is 13.6. The summed E-state index contributed by atoms with van der Waals surface area (Å²) in [5.74, 6) is -2.09. The number of carboxylic acids is 1. The Balaban J connectivity index is 4.17. The topological polar surface area (TPSA) is 84.3 Å². The fourth-order valence-electron chi connectivity index (χ4n) is 2.11. The first-order valence-electron chi connectivity index (χ1n) is 6.66. The summed E-state index contributed by atoms with van der Waals surface area (Å²) in [6.07, 6.45) is -9.46. The number of halogens is 5. The summed E-state index contributed by atoms with van der Waals surface area (Å²) in [5.41, 5.74) is -5.87. The van der Waals surface area contributed by atoms with E-state index in [0.717, 1.165) is 13.8 Å². The van der Waals surface area contributed by atoms with Crippen molar-refractivity contribution < 1.29 is 40.3 Å². The number of carbonyl (C=O) groups is 1. The predicted molar refractivity (Wildman–Crippen MR) is 72.9 cm³/mol. The second-order valence-corrected chi connectivity index (χ2v) is 7.52. The number of sulfone groups is 1. The van der Waals surface area contributed by atoms with E-state index in [9.17, 15) is 35.2 Å². The highest BCUT2D eigenvalue weighted by molar-refractivity contribution is 7.92.